The summed E-state index contributed by atoms with van der Waals surface area (Å²) in [5.74, 6) is 1.25. The first-order valence-electron chi connectivity index (χ1n) is 6.54. The molecular formula is C14H24ClNO2. The molecule has 1 rings (SSSR count). The molecule has 0 spiro atoms. The number of aliphatic hydroxyl groups excluding tert-OH is 1. The quantitative estimate of drug-likeness (QED) is 0.667. The number of hydrogen-bond acceptors (Lipinski definition) is 3. The van der Waals surface area contributed by atoms with E-state index in [2.05, 4.69) is 31.0 Å². The third-order valence-electron chi connectivity index (χ3n) is 3.26. The highest BCUT2D eigenvalue weighted by atomic mass is 35.5. The number of nitrogens with one attached hydrogen (secondary N) is 1. The van der Waals surface area contributed by atoms with E-state index in [9.17, 15) is 5.11 Å². The smallest absolute Gasteiger partial charge is 0.0897 e. The van der Waals surface area contributed by atoms with Crippen molar-refractivity contribution in [2.75, 3.05) is 26.3 Å². The van der Waals surface area contributed by atoms with Crippen LogP contribution in [-0.2, 0) is 4.74 Å². The molecule has 18 heavy (non-hydrogen) atoms. The fourth-order valence-electron chi connectivity index (χ4n) is 2.03. The molecule has 1 aliphatic rings. The highest BCUT2D eigenvalue weighted by Crippen LogP contribution is 2.24. The van der Waals surface area contributed by atoms with Gasteiger partial charge in [-0.2, -0.15) is 0 Å². The van der Waals surface area contributed by atoms with Gasteiger partial charge in [0, 0.05) is 18.1 Å². The molecular weight excluding hydrogens is 250 g/mol. The van der Waals surface area contributed by atoms with E-state index in [1.807, 2.05) is 0 Å². The summed E-state index contributed by atoms with van der Waals surface area (Å²) in [7, 11) is 0. The van der Waals surface area contributed by atoms with Gasteiger partial charge in [-0.15, -0.1) is 0 Å². The van der Waals surface area contributed by atoms with Gasteiger partial charge in [0.1, 0.15) is 0 Å². The second-order valence-corrected chi connectivity index (χ2v) is 5.55. The van der Waals surface area contributed by atoms with Crippen LogP contribution in [0.2, 0.25) is 0 Å². The van der Waals surface area contributed by atoms with E-state index in [4.69, 9.17) is 16.3 Å². The van der Waals surface area contributed by atoms with Gasteiger partial charge < -0.3 is 15.2 Å². The molecule has 1 aliphatic carbocycles. The van der Waals surface area contributed by atoms with E-state index in [-0.39, 0.29) is 0 Å². The predicted octanol–water partition coefficient (Wildman–Crippen LogP) is 2.31. The Hall–Kier alpha value is -0.350. The van der Waals surface area contributed by atoms with Crippen LogP contribution in [0.25, 0.3) is 0 Å². The molecule has 0 aromatic carbocycles. The molecule has 0 heterocycles. The van der Waals surface area contributed by atoms with Crippen molar-refractivity contribution in [3.8, 4) is 0 Å². The highest BCUT2D eigenvalue weighted by Gasteiger charge is 2.18. The van der Waals surface area contributed by atoms with Crippen LogP contribution in [0.4, 0.5) is 0 Å². The first-order valence-corrected chi connectivity index (χ1v) is 6.92. The van der Waals surface area contributed by atoms with E-state index < -0.39 is 6.10 Å². The Bertz CT molecular complexity index is 281. The summed E-state index contributed by atoms with van der Waals surface area (Å²) >= 11 is 5.61. The maximum absolute atomic E-state index is 9.68. The normalized spacial score (nSPS) is 25.1. The lowest BCUT2D eigenvalue weighted by molar-refractivity contribution is 0.0132. The zero-order chi connectivity index (χ0) is 13.4. The maximum Gasteiger partial charge on any atom is 0.0897 e. The number of halogens is 1. The summed E-state index contributed by atoms with van der Waals surface area (Å²) < 4.78 is 5.58. The van der Waals surface area contributed by atoms with E-state index >= 15 is 0 Å². The van der Waals surface area contributed by atoms with E-state index in [0.29, 0.717) is 36.6 Å². The number of rotatable bonds is 8. The van der Waals surface area contributed by atoms with Gasteiger partial charge in [-0.25, -0.2) is 0 Å². The lowest BCUT2D eigenvalue weighted by Crippen LogP contribution is -2.32. The standard InChI is InChI=1S/C14H24ClNO2/c1-11-5-3-4-6-13(11)9-18-10-14(17)8-16-7-12(2)15/h3-4,11,13-14,16-17H,2,5-10H2,1H3. The topological polar surface area (TPSA) is 41.5 Å². The zero-order valence-electron chi connectivity index (χ0n) is 11.1. The molecule has 3 unspecified atom stereocenters. The molecule has 0 aromatic rings. The number of aliphatic hydroxyl groups is 1. The monoisotopic (exact) mass is 273 g/mol. The molecule has 0 aromatic heterocycles. The molecule has 3 nitrogen and oxygen atoms in total. The third kappa shape index (κ3) is 6.55. The molecule has 0 aliphatic heterocycles. The van der Waals surface area contributed by atoms with Crippen LogP contribution in [-0.4, -0.2) is 37.5 Å². The minimum atomic E-state index is -0.490. The molecule has 104 valence electrons. The Morgan fingerprint density at radius 1 is 1.56 bits per heavy atom. The Labute approximate surface area is 115 Å². The van der Waals surface area contributed by atoms with Crippen LogP contribution < -0.4 is 5.32 Å². The maximum atomic E-state index is 9.68. The molecule has 3 atom stereocenters. The minimum Gasteiger partial charge on any atom is -0.389 e. The molecule has 0 saturated carbocycles. The second-order valence-electron chi connectivity index (χ2n) is 5.02. The predicted molar refractivity (Wildman–Crippen MR) is 75.7 cm³/mol. The molecule has 0 bridgehead atoms. The molecule has 4 heteroatoms. The highest BCUT2D eigenvalue weighted by molar-refractivity contribution is 6.29. The first-order chi connectivity index (χ1) is 8.59. The van der Waals surface area contributed by atoms with Crippen LogP contribution in [0.1, 0.15) is 19.8 Å². The van der Waals surface area contributed by atoms with Gasteiger partial charge in [0.2, 0.25) is 0 Å². The Morgan fingerprint density at radius 2 is 2.28 bits per heavy atom. The fraction of sp³-hybridized carbons (Fsp3) is 0.714. The molecule has 2 N–H and O–H groups in total. The average Bonchev–Trinajstić information content (AvgIpc) is 2.31. The van der Waals surface area contributed by atoms with Crippen LogP contribution in [0.15, 0.2) is 23.8 Å². The van der Waals surface area contributed by atoms with Crippen molar-refractivity contribution in [2.45, 2.75) is 25.9 Å². The third-order valence-corrected chi connectivity index (χ3v) is 3.39. The molecule has 0 fully saturated rings. The second kappa shape index (κ2) is 8.70. The lowest BCUT2D eigenvalue weighted by atomic mass is 9.85. The number of hydrogen-bond donors (Lipinski definition) is 2. The van der Waals surface area contributed by atoms with Crippen molar-refractivity contribution in [3.63, 3.8) is 0 Å². The summed E-state index contributed by atoms with van der Waals surface area (Å²) in [6.07, 6.45) is 6.18. The van der Waals surface area contributed by atoms with Crippen molar-refractivity contribution in [1.29, 1.82) is 0 Å². The molecule has 0 saturated heterocycles. The van der Waals surface area contributed by atoms with Crippen molar-refractivity contribution < 1.29 is 9.84 Å². The van der Waals surface area contributed by atoms with Crippen molar-refractivity contribution >= 4 is 11.6 Å². The Balaban J connectivity index is 2.06. The minimum absolute atomic E-state index is 0.370. The summed E-state index contributed by atoms with van der Waals surface area (Å²) in [5, 5.41) is 13.2. The summed E-state index contributed by atoms with van der Waals surface area (Å²) in [6, 6.07) is 0. The average molecular weight is 274 g/mol. The molecule has 0 amide bonds. The van der Waals surface area contributed by atoms with Gasteiger partial charge in [0.05, 0.1) is 19.3 Å². The first kappa shape index (κ1) is 15.7. The van der Waals surface area contributed by atoms with Crippen molar-refractivity contribution in [1.82, 2.24) is 5.32 Å². The van der Waals surface area contributed by atoms with Gasteiger partial charge in [0.15, 0.2) is 0 Å². The number of allylic oxidation sites excluding steroid dienone is 2. The van der Waals surface area contributed by atoms with Gasteiger partial charge in [-0.05, 0) is 24.7 Å². The van der Waals surface area contributed by atoms with Crippen LogP contribution in [0, 0.1) is 11.8 Å². The van der Waals surface area contributed by atoms with Crippen molar-refractivity contribution in [3.05, 3.63) is 23.8 Å². The summed E-state index contributed by atoms with van der Waals surface area (Å²) in [6.45, 7) is 7.91. The van der Waals surface area contributed by atoms with Gasteiger partial charge in [-0.3, -0.25) is 0 Å². The van der Waals surface area contributed by atoms with Gasteiger partial charge in [0.25, 0.3) is 0 Å². The summed E-state index contributed by atoms with van der Waals surface area (Å²) in [4.78, 5) is 0. The van der Waals surface area contributed by atoms with Gasteiger partial charge in [-0.1, -0.05) is 37.3 Å². The van der Waals surface area contributed by atoms with E-state index in [1.54, 1.807) is 0 Å². The van der Waals surface area contributed by atoms with Crippen LogP contribution >= 0.6 is 11.6 Å². The Kier molecular flexibility index (Phi) is 7.59. The van der Waals surface area contributed by atoms with Crippen molar-refractivity contribution in [2.24, 2.45) is 11.8 Å². The fourth-order valence-corrected chi connectivity index (χ4v) is 2.12. The Morgan fingerprint density at radius 3 is 2.94 bits per heavy atom. The lowest BCUT2D eigenvalue weighted by Gasteiger charge is -2.25. The van der Waals surface area contributed by atoms with Crippen LogP contribution in [0.5, 0.6) is 0 Å². The largest absolute Gasteiger partial charge is 0.389 e. The van der Waals surface area contributed by atoms with Crippen LogP contribution in [0.3, 0.4) is 0 Å². The zero-order valence-corrected chi connectivity index (χ0v) is 11.8. The SMILES string of the molecule is C=C(Cl)CNCC(O)COCC1CC=CCC1C. The van der Waals surface area contributed by atoms with E-state index in [1.165, 1.54) is 0 Å². The molecule has 0 radical (unpaired) electrons. The van der Waals surface area contributed by atoms with Gasteiger partial charge >= 0.3 is 0 Å². The van der Waals surface area contributed by atoms with E-state index in [0.717, 1.165) is 19.4 Å². The summed E-state index contributed by atoms with van der Waals surface area (Å²) in [5.41, 5.74) is 0. The number of ether oxygens (including phenoxy) is 1.